The van der Waals surface area contributed by atoms with E-state index in [-0.39, 0.29) is 29.5 Å². The summed E-state index contributed by atoms with van der Waals surface area (Å²) in [6.45, 7) is 3.27. The van der Waals surface area contributed by atoms with Gasteiger partial charge in [0.15, 0.2) is 5.69 Å². The number of rotatable bonds is 7. The Balaban J connectivity index is 1.88. The molecule has 1 amide bonds. The first-order valence-electron chi connectivity index (χ1n) is 9.36. The van der Waals surface area contributed by atoms with Crippen LogP contribution in [0.5, 0.6) is 0 Å². The van der Waals surface area contributed by atoms with Crippen molar-refractivity contribution in [1.82, 2.24) is 20.0 Å². The molecule has 1 aliphatic rings. The Kier molecular flexibility index (Phi) is 6.81. The molecule has 11 heteroatoms. The number of anilines is 2. The number of carbonyl (C=O) groups excluding carboxylic acids is 1. The molecule has 1 aromatic carbocycles. The minimum atomic E-state index is -1.14. The molecule has 0 saturated carbocycles. The van der Waals surface area contributed by atoms with Gasteiger partial charge in [-0.2, -0.15) is 9.49 Å². The van der Waals surface area contributed by atoms with Crippen LogP contribution in [-0.2, 0) is 7.05 Å². The van der Waals surface area contributed by atoms with Crippen molar-refractivity contribution >= 4 is 44.8 Å². The Labute approximate surface area is 186 Å². The van der Waals surface area contributed by atoms with Crippen molar-refractivity contribution in [1.29, 1.82) is 0 Å². The molecule has 2 aromatic rings. The molecule has 2 heterocycles. The smallest absolute Gasteiger partial charge is 0.304 e. The highest BCUT2D eigenvalue weighted by molar-refractivity contribution is 9.10. The van der Waals surface area contributed by atoms with Gasteiger partial charge in [-0.1, -0.05) is 34.5 Å². The maximum atomic E-state index is 14.8. The Morgan fingerprint density at radius 2 is 2.13 bits per heavy atom. The Bertz CT molecular complexity index is 1030. The van der Waals surface area contributed by atoms with E-state index in [0.717, 1.165) is 17.6 Å². The number of hydrogen-bond donors (Lipinski definition) is 3. The number of aliphatic hydroxyl groups is 1. The zero-order valence-electron chi connectivity index (χ0n) is 16.5. The third-order valence-electron chi connectivity index (χ3n) is 4.72. The van der Waals surface area contributed by atoms with E-state index in [9.17, 15) is 19.1 Å². The maximum absolute atomic E-state index is 14.8. The van der Waals surface area contributed by atoms with Gasteiger partial charge in [0, 0.05) is 18.1 Å². The summed E-state index contributed by atoms with van der Waals surface area (Å²) in [7, 11) is 1.26. The largest absolute Gasteiger partial charge is 0.385 e. The van der Waals surface area contributed by atoms with E-state index < -0.39 is 22.9 Å². The summed E-state index contributed by atoms with van der Waals surface area (Å²) in [6, 6.07) is 4.86. The zero-order chi connectivity index (χ0) is 22.1. The van der Waals surface area contributed by atoms with Crippen molar-refractivity contribution in [2.75, 3.05) is 31.5 Å². The molecule has 8 nitrogen and oxygen atoms in total. The number of amides is 1. The van der Waals surface area contributed by atoms with E-state index in [1.54, 1.807) is 18.2 Å². The normalized spacial score (nSPS) is 15.1. The maximum Gasteiger partial charge on any atom is 0.304 e. The molecule has 0 bridgehead atoms. The molecule has 1 saturated heterocycles. The van der Waals surface area contributed by atoms with Crippen molar-refractivity contribution in [2.24, 2.45) is 7.05 Å². The van der Waals surface area contributed by atoms with Crippen molar-refractivity contribution in [3.05, 3.63) is 49.6 Å². The van der Waals surface area contributed by atoms with Crippen molar-refractivity contribution in [2.45, 2.75) is 18.9 Å². The van der Waals surface area contributed by atoms with Crippen LogP contribution >= 0.6 is 27.5 Å². The number of hydrogen-bond acceptors (Lipinski definition) is 6. The topological polar surface area (TPSA) is 99.5 Å². The molecule has 1 aromatic heterocycles. The lowest BCUT2D eigenvalue weighted by molar-refractivity contribution is -0.0786. The standard InChI is InChI=1S/C19H22BrClFN5O3/c1-3-6-23-8-19(30)9-27(10-19)18(29)16-15(14(22)17(28)26(2)25-16)24-13-5-4-11(20)7-12(13)21/h4-5,7,23-24,30H,3,6,8-10H2,1-2H3. The van der Waals surface area contributed by atoms with Gasteiger partial charge in [-0.15, -0.1) is 0 Å². The van der Waals surface area contributed by atoms with Crippen LogP contribution < -0.4 is 16.2 Å². The molecular weight excluding hydrogens is 481 g/mol. The van der Waals surface area contributed by atoms with Gasteiger partial charge in [-0.25, -0.2) is 4.68 Å². The number of benzene rings is 1. The van der Waals surface area contributed by atoms with Crippen molar-refractivity contribution in [3.8, 4) is 0 Å². The first kappa shape index (κ1) is 22.7. The minimum absolute atomic E-state index is 0.0766. The number of halogens is 3. The highest BCUT2D eigenvalue weighted by Crippen LogP contribution is 2.31. The number of β-amino-alcohol motifs (C(OH)–C–C–N with tert-alkyl or cyclic N) is 1. The Morgan fingerprint density at radius 3 is 2.77 bits per heavy atom. The van der Waals surface area contributed by atoms with E-state index in [4.69, 9.17) is 11.6 Å². The predicted molar refractivity (Wildman–Crippen MR) is 116 cm³/mol. The van der Waals surface area contributed by atoms with Gasteiger partial charge in [0.2, 0.25) is 5.82 Å². The van der Waals surface area contributed by atoms with Gasteiger partial charge in [0.25, 0.3) is 5.91 Å². The first-order chi connectivity index (χ1) is 14.1. The second-order valence-corrected chi connectivity index (χ2v) is 8.60. The molecule has 3 N–H and O–H groups in total. The highest BCUT2D eigenvalue weighted by Gasteiger charge is 2.44. The number of nitrogens with one attached hydrogen (secondary N) is 2. The second-order valence-electron chi connectivity index (χ2n) is 7.28. The molecule has 0 aliphatic carbocycles. The lowest BCUT2D eigenvalue weighted by Crippen LogP contribution is -2.67. The first-order valence-corrected chi connectivity index (χ1v) is 10.5. The van der Waals surface area contributed by atoms with Crippen LogP contribution in [0.2, 0.25) is 5.02 Å². The fraction of sp³-hybridized carbons (Fsp3) is 0.421. The molecule has 162 valence electrons. The predicted octanol–water partition coefficient (Wildman–Crippen LogP) is 2.27. The molecular formula is C19H22BrClFN5O3. The van der Waals surface area contributed by atoms with Crippen LogP contribution in [0, 0.1) is 5.82 Å². The van der Waals surface area contributed by atoms with Gasteiger partial charge in [0.1, 0.15) is 11.3 Å². The summed E-state index contributed by atoms with van der Waals surface area (Å²) in [6.07, 6.45) is 0.924. The number of nitrogens with zero attached hydrogens (tertiary/aromatic N) is 3. The minimum Gasteiger partial charge on any atom is -0.385 e. The van der Waals surface area contributed by atoms with E-state index >= 15 is 0 Å². The number of aryl methyl sites for hydroxylation is 1. The summed E-state index contributed by atoms with van der Waals surface area (Å²) in [4.78, 5) is 26.4. The van der Waals surface area contributed by atoms with Crippen LogP contribution in [0.4, 0.5) is 15.8 Å². The molecule has 3 rings (SSSR count). The SMILES string of the molecule is CCCNCC1(O)CN(C(=O)c2nn(C)c(=O)c(F)c2Nc2ccc(Br)cc2Cl)C1. The number of likely N-dealkylation sites (tertiary alicyclic amines) is 1. The number of carbonyl (C=O) groups is 1. The zero-order valence-corrected chi connectivity index (χ0v) is 18.8. The lowest BCUT2D eigenvalue weighted by atomic mass is 9.93. The van der Waals surface area contributed by atoms with E-state index in [2.05, 4.69) is 31.7 Å². The Morgan fingerprint density at radius 1 is 1.43 bits per heavy atom. The molecule has 0 radical (unpaired) electrons. The molecule has 0 atom stereocenters. The van der Waals surface area contributed by atoms with Crippen LogP contribution in [0.15, 0.2) is 27.5 Å². The van der Waals surface area contributed by atoms with Gasteiger partial charge in [-0.05, 0) is 31.2 Å². The van der Waals surface area contributed by atoms with Crippen LogP contribution in [0.1, 0.15) is 23.8 Å². The summed E-state index contributed by atoms with van der Waals surface area (Å²) >= 11 is 9.46. The van der Waals surface area contributed by atoms with Gasteiger partial charge in [-0.3, -0.25) is 9.59 Å². The summed E-state index contributed by atoms with van der Waals surface area (Å²) in [5.41, 5.74) is -2.34. The summed E-state index contributed by atoms with van der Waals surface area (Å²) in [5.74, 6) is -1.74. The molecule has 30 heavy (non-hydrogen) atoms. The average molecular weight is 503 g/mol. The molecule has 1 fully saturated rings. The quantitative estimate of drug-likeness (QED) is 0.503. The van der Waals surface area contributed by atoms with Crippen molar-refractivity contribution < 1.29 is 14.3 Å². The van der Waals surface area contributed by atoms with Gasteiger partial charge < -0.3 is 20.6 Å². The lowest BCUT2D eigenvalue weighted by Gasteiger charge is -2.46. The molecule has 1 aliphatic heterocycles. The van der Waals surface area contributed by atoms with Crippen molar-refractivity contribution in [3.63, 3.8) is 0 Å². The van der Waals surface area contributed by atoms with E-state index in [1.165, 1.54) is 11.9 Å². The van der Waals surface area contributed by atoms with Crippen LogP contribution in [0.25, 0.3) is 0 Å². The monoisotopic (exact) mass is 501 g/mol. The Hall–Kier alpha value is -2.01. The summed E-state index contributed by atoms with van der Waals surface area (Å²) in [5, 5.41) is 20.6. The van der Waals surface area contributed by atoms with Gasteiger partial charge >= 0.3 is 5.56 Å². The summed E-state index contributed by atoms with van der Waals surface area (Å²) < 4.78 is 16.3. The highest BCUT2D eigenvalue weighted by atomic mass is 79.9. The fourth-order valence-corrected chi connectivity index (χ4v) is 3.88. The van der Waals surface area contributed by atoms with Crippen LogP contribution in [-0.4, -0.2) is 57.5 Å². The third kappa shape index (κ3) is 4.66. The fourth-order valence-electron chi connectivity index (χ4n) is 3.15. The number of aromatic nitrogens is 2. The molecule has 0 spiro atoms. The van der Waals surface area contributed by atoms with Crippen LogP contribution in [0.3, 0.4) is 0 Å². The second kappa shape index (κ2) is 9.01. The van der Waals surface area contributed by atoms with E-state index in [0.29, 0.717) is 16.7 Å². The van der Waals surface area contributed by atoms with E-state index in [1.807, 2.05) is 6.92 Å². The van der Waals surface area contributed by atoms with Gasteiger partial charge in [0.05, 0.1) is 23.8 Å². The third-order valence-corrected chi connectivity index (χ3v) is 5.53. The average Bonchev–Trinajstić information content (AvgIpc) is 2.67. The molecule has 0 unspecified atom stereocenters.